The van der Waals surface area contributed by atoms with Gasteiger partial charge in [0.2, 0.25) is 0 Å². The van der Waals surface area contributed by atoms with Gasteiger partial charge in [0.1, 0.15) is 0 Å². The summed E-state index contributed by atoms with van der Waals surface area (Å²) in [5.41, 5.74) is -0.251. The molecular formula is C10H10FNaO5S. The van der Waals surface area contributed by atoms with Gasteiger partial charge in [-0.05, 0) is 30.1 Å². The Kier molecular flexibility index (Phi) is 7.65. The van der Waals surface area contributed by atoms with Crippen LogP contribution in [0.15, 0.2) is 17.0 Å². The van der Waals surface area contributed by atoms with Gasteiger partial charge in [0, 0.05) is 4.90 Å². The Bertz CT molecular complexity index is 466. The molecule has 0 amide bonds. The molecule has 0 aliphatic rings. The normalized spacial score (nSPS) is 11.3. The fourth-order valence-corrected chi connectivity index (χ4v) is 1.72. The molecular weight excluding hydrogens is 274 g/mol. The van der Waals surface area contributed by atoms with E-state index in [1.165, 1.54) is 7.11 Å². The van der Waals surface area contributed by atoms with E-state index < -0.39 is 27.8 Å². The van der Waals surface area contributed by atoms with Crippen molar-refractivity contribution in [2.45, 2.75) is 11.8 Å². The molecule has 1 atom stereocenters. The maximum absolute atomic E-state index is 13.3. The van der Waals surface area contributed by atoms with E-state index in [-0.39, 0.29) is 47.5 Å². The number of ether oxygens (including phenoxy) is 2. The van der Waals surface area contributed by atoms with E-state index in [0.29, 0.717) is 6.07 Å². The van der Waals surface area contributed by atoms with Gasteiger partial charge in [-0.3, -0.25) is 4.21 Å². The first-order chi connectivity index (χ1) is 8.01. The van der Waals surface area contributed by atoms with Crippen molar-refractivity contribution in [3.8, 4) is 5.75 Å². The summed E-state index contributed by atoms with van der Waals surface area (Å²) in [6.07, 6.45) is 0. The van der Waals surface area contributed by atoms with Crippen molar-refractivity contribution >= 4 is 17.0 Å². The summed E-state index contributed by atoms with van der Waals surface area (Å²) >= 11 is -2.73. The molecule has 0 saturated carbocycles. The van der Waals surface area contributed by atoms with Crippen LogP contribution >= 0.6 is 0 Å². The summed E-state index contributed by atoms with van der Waals surface area (Å²) in [7, 11) is 1.21. The molecule has 94 valence electrons. The largest absolute Gasteiger partial charge is 1.00 e. The Labute approximate surface area is 128 Å². The standard InChI is InChI=1S/C10H11FO5S.Na/c1-3-16-10(12)6-4-8(15-2)7(11)5-9(6)17(13)14;/h4-5H,3H2,1-2H3,(H,13,14);/q;+1/p-1. The van der Waals surface area contributed by atoms with Crippen molar-refractivity contribution in [2.24, 2.45) is 0 Å². The number of carbonyl (C=O) groups is 1. The molecule has 18 heavy (non-hydrogen) atoms. The number of hydrogen-bond donors (Lipinski definition) is 0. The Morgan fingerprint density at radius 1 is 1.50 bits per heavy atom. The van der Waals surface area contributed by atoms with Crippen molar-refractivity contribution in [1.29, 1.82) is 0 Å². The fraction of sp³-hybridized carbons (Fsp3) is 0.300. The molecule has 0 heterocycles. The molecule has 1 rings (SSSR count). The first-order valence-electron chi connectivity index (χ1n) is 4.65. The van der Waals surface area contributed by atoms with E-state index in [2.05, 4.69) is 9.47 Å². The average Bonchev–Trinajstić information content (AvgIpc) is 2.28. The van der Waals surface area contributed by atoms with Gasteiger partial charge in [-0.15, -0.1) is 0 Å². The summed E-state index contributed by atoms with van der Waals surface area (Å²) in [6, 6.07) is 1.71. The minimum Gasteiger partial charge on any atom is -0.768 e. The third-order valence-electron chi connectivity index (χ3n) is 1.93. The first-order valence-corrected chi connectivity index (χ1v) is 5.72. The Balaban J connectivity index is 0.00000289. The molecule has 0 N–H and O–H groups in total. The molecule has 5 nitrogen and oxygen atoms in total. The molecule has 0 aliphatic carbocycles. The van der Waals surface area contributed by atoms with Gasteiger partial charge < -0.3 is 14.0 Å². The number of rotatable bonds is 4. The Hall–Kier alpha value is -0.470. The van der Waals surface area contributed by atoms with Crippen LogP contribution < -0.4 is 34.3 Å². The quantitative estimate of drug-likeness (QED) is 0.372. The van der Waals surface area contributed by atoms with E-state index in [1.807, 2.05) is 0 Å². The fourth-order valence-electron chi connectivity index (χ4n) is 1.20. The van der Waals surface area contributed by atoms with Crippen molar-refractivity contribution in [1.82, 2.24) is 0 Å². The SMILES string of the molecule is CCOC(=O)c1cc(OC)c(F)cc1S(=O)[O-].[Na+]. The third-order valence-corrected chi connectivity index (χ3v) is 2.63. The predicted octanol–water partition coefficient (Wildman–Crippen LogP) is -1.75. The number of carbonyl (C=O) groups excluding carboxylic acids is 1. The molecule has 0 saturated heterocycles. The second-order valence-corrected chi connectivity index (χ2v) is 3.85. The van der Waals surface area contributed by atoms with Crippen molar-refractivity contribution < 1.29 is 57.0 Å². The number of esters is 1. The zero-order valence-electron chi connectivity index (χ0n) is 10.2. The molecule has 8 heteroatoms. The van der Waals surface area contributed by atoms with Crippen LogP contribution in [0, 0.1) is 5.82 Å². The van der Waals surface area contributed by atoms with E-state index in [0.717, 1.165) is 6.07 Å². The number of methoxy groups -OCH3 is 1. The van der Waals surface area contributed by atoms with Crippen LogP contribution in [0.1, 0.15) is 17.3 Å². The number of halogens is 1. The van der Waals surface area contributed by atoms with Gasteiger partial charge in [0.05, 0.1) is 19.3 Å². The van der Waals surface area contributed by atoms with Gasteiger partial charge in [-0.25, -0.2) is 9.18 Å². The minimum absolute atomic E-state index is 0. The van der Waals surface area contributed by atoms with Crippen LogP contribution in [0.3, 0.4) is 0 Å². The monoisotopic (exact) mass is 284 g/mol. The summed E-state index contributed by atoms with van der Waals surface area (Å²) in [5, 5.41) is 0. The predicted molar refractivity (Wildman–Crippen MR) is 56.1 cm³/mol. The maximum Gasteiger partial charge on any atom is 1.00 e. The van der Waals surface area contributed by atoms with Crippen LogP contribution in [0.5, 0.6) is 5.75 Å². The smallest absolute Gasteiger partial charge is 0.768 e. The summed E-state index contributed by atoms with van der Waals surface area (Å²) < 4.78 is 44.4. The average molecular weight is 284 g/mol. The molecule has 1 aromatic rings. The molecule has 0 aliphatic heterocycles. The third kappa shape index (κ3) is 4.03. The van der Waals surface area contributed by atoms with Crippen LogP contribution in [-0.4, -0.2) is 28.4 Å². The van der Waals surface area contributed by atoms with Gasteiger partial charge in [0.25, 0.3) is 0 Å². The maximum atomic E-state index is 13.3. The molecule has 0 fully saturated rings. The minimum atomic E-state index is -2.73. The van der Waals surface area contributed by atoms with E-state index in [4.69, 9.17) is 0 Å². The summed E-state index contributed by atoms with van der Waals surface area (Å²) in [5.74, 6) is -1.92. The van der Waals surface area contributed by atoms with E-state index in [1.54, 1.807) is 6.92 Å². The van der Waals surface area contributed by atoms with Crippen LogP contribution in [0.2, 0.25) is 0 Å². The van der Waals surface area contributed by atoms with Gasteiger partial charge >= 0.3 is 35.5 Å². The molecule has 0 spiro atoms. The van der Waals surface area contributed by atoms with Gasteiger partial charge in [0.15, 0.2) is 11.6 Å². The van der Waals surface area contributed by atoms with E-state index >= 15 is 0 Å². The molecule has 0 radical (unpaired) electrons. The zero-order chi connectivity index (χ0) is 13.0. The number of hydrogen-bond acceptors (Lipinski definition) is 5. The molecule has 0 aromatic heterocycles. The molecule has 1 unspecified atom stereocenters. The van der Waals surface area contributed by atoms with Crippen LogP contribution in [-0.2, 0) is 15.8 Å². The summed E-state index contributed by atoms with van der Waals surface area (Å²) in [6.45, 7) is 1.66. The summed E-state index contributed by atoms with van der Waals surface area (Å²) in [4.78, 5) is 11.0. The van der Waals surface area contributed by atoms with Gasteiger partial charge in [-0.1, -0.05) is 0 Å². The second-order valence-electron chi connectivity index (χ2n) is 2.94. The topological polar surface area (TPSA) is 75.7 Å². The molecule has 1 aromatic carbocycles. The van der Waals surface area contributed by atoms with Crippen molar-refractivity contribution in [2.75, 3.05) is 13.7 Å². The number of benzene rings is 1. The molecule has 0 bridgehead atoms. The zero-order valence-corrected chi connectivity index (χ0v) is 13.0. The Morgan fingerprint density at radius 3 is 2.56 bits per heavy atom. The van der Waals surface area contributed by atoms with Gasteiger partial charge in [-0.2, -0.15) is 0 Å². The van der Waals surface area contributed by atoms with Crippen LogP contribution in [0.4, 0.5) is 4.39 Å². The van der Waals surface area contributed by atoms with Crippen LogP contribution in [0.25, 0.3) is 0 Å². The van der Waals surface area contributed by atoms with E-state index in [9.17, 15) is 17.9 Å². The van der Waals surface area contributed by atoms with Crippen molar-refractivity contribution in [3.63, 3.8) is 0 Å². The first kappa shape index (κ1) is 17.5. The van der Waals surface area contributed by atoms with Crippen molar-refractivity contribution in [3.05, 3.63) is 23.5 Å². The second kappa shape index (κ2) is 7.85. The Morgan fingerprint density at radius 2 is 2.11 bits per heavy atom.